The highest BCUT2D eigenvalue weighted by Gasteiger charge is 2.27. The van der Waals surface area contributed by atoms with Gasteiger partial charge in [-0.15, -0.1) is 12.4 Å². The van der Waals surface area contributed by atoms with Crippen molar-refractivity contribution in [2.45, 2.75) is 31.6 Å². The number of rotatable bonds is 4. The first kappa shape index (κ1) is 18.3. The van der Waals surface area contributed by atoms with Gasteiger partial charge in [0.05, 0.1) is 0 Å². The van der Waals surface area contributed by atoms with Crippen molar-refractivity contribution in [2.75, 3.05) is 32.7 Å². The van der Waals surface area contributed by atoms with Crippen molar-refractivity contribution < 1.29 is 4.52 Å². The molecule has 2 aliphatic rings. The summed E-state index contributed by atoms with van der Waals surface area (Å²) in [7, 11) is 0. The Hall–Kier alpha value is -1.50. The van der Waals surface area contributed by atoms with Gasteiger partial charge in [0.2, 0.25) is 11.7 Å². The van der Waals surface area contributed by atoms with E-state index in [0.29, 0.717) is 11.7 Å². The molecule has 0 aliphatic carbocycles. The van der Waals surface area contributed by atoms with Gasteiger partial charge in [-0.25, -0.2) is 0 Å². The standard InChI is InChI=1S/C18H25N5O.ClH/c1-2-8-20-16(3-1)17-21-18(24-22-17)15-6-11-23(12-7-15)13-14-4-9-19-10-5-14;/h1-3,8,14-15,19H,4-7,9-13H2;1H. The van der Waals surface area contributed by atoms with Crippen LogP contribution in [0.1, 0.15) is 37.5 Å². The number of nitrogens with zero attached hydrogens (tertiary/aromatic N) is 4. The lowest BCUT2D eigenvalue weighted by molar-refractivity contribution is 0.157. The molecule has 0 radical (unpaired) electrons. The maximum absolute atomic E-state index is 5.52. The van der Waals surface area contributed by atoms with Gasteiger partial charge < -0.3 is 14.7 Å². The second kappa shape index (κ2) is 8.74. The van der Waals surface area contributed by atoms with Crippen molar-refractivity contribution >= 4 is 12.4 Å². The molecule has 0 unspecified atom stereocenters. The quantitative estimate of drug-likeness (QED) is 0.900. The number of hydrogen-bond acceptors (Lipinski definition) is 6. The van der Waals surface area contributed by atoms with E-state index in [1.807, 2.05) is 18.2 Å². The fourth-order valence-corrected chi connectivity index (χ4v) is 3.79. The highest BCUT2D eigenvalue weighted by molar-refractivity contribution is 5.85. The number of nitrogens with one attached hydrogen (secondary N) is 1. The van der Waals surface area contributed by atoms with Crippen LogP contribution in [0.4, 0.5) is 0 Å². The Balaban J connectivity index is 0.00000182. The highest BCUT2D eigenvalue weighted by atomic mass is 35.5. The maximum Gasteiger partial charge on any atom is 0.230 e. The monoisotopic (exact) mass is 363 g/mol. The zero-order valence-electron chi connectivity index (χ0n) is 14.4. The van der Waals surface area contributed by atoms with Gasteiger partial charge in [0, 0.05) is 18.7 Å². The van der Waals surface area contributed by atoms with Gasteiger partial charge in [-0.1, -0.05) is 11.2 Å². The average Bonchev–Trinajstić information content (AvgIpc) is 3.14. The van der Waals surface area contributed by atoms with Crippen LogP contribution in [0.2, 0.25) is 0 Å². The molecule has 0 aromatic carbocycles. The molecule has 0 atom stereocenters. The molecule has 6 nitrogen and oxygen atoms in total. The number of piperidine rings is 2. The molecule has 0 amide bonds. The van der Waals surface area contributed by atoms with E-state index in [-0.39, 0.29) is 12.4 Å². The van der Waals surface area contributed by atoms with Crippen molar-refractivity contribution in [1.29, 1.82) is 0 Å². The summed E-state index contributed by atoms with van der Waals surface area (Å²) >= 11 is 0. The van der Waals surface area contributed by atoms with Crippen LogP contribution in [0.3, 0.4) is 0 Å². The van der Waals surface area contributed by atoms with E-state index in [4.69, 9.17) is 4.52 Å². The van der Waals surface area contributed by atoms with Crippen molar-refractivity contribution in [1.82, 2.24) is 25.3 Å². The molecule has 2 fully saturated rings. The molecule has 2 aromatic heterocycles. The molecule has 2 aromatic rings. The number of hydrogen-bond donors (Lipinski definition) is 1. The van der Waals surface area contributed by atoms with E-state index in [1.165, 1.54) is 32.5 Å². The van der Waals surface area contributed by atoms with Gasteiger partial charge in [0.15, 0.2) is 0 Å². The fourth-order valence-electron chi connectivity index (χ4n) is 3.79. The summed E-state index contributed by atoms with van der Waals surface area (Å²) in [6.45, 7) is 5.88. The minimum atomic E-state index is 0. The van der Waals surface area contributed by atoms with E-state index in [0.717, 1.165) is 43.4 Å². The molecule has 0 saturated carbocycles. The predicted molar refractivity (Wildman–Crippen MR) is 98.8 cm³/mol. The summed E-state index contributed by atoms with van der Waals surface area (Å²) < 4.78 is 5.52. The van der Waals surface area contributed by atoms with Crippen LogP contribution in [-0.2, 0) is 0 Å². The fraction of sp³-hybridized carbons (Fsp3) is 0.611. The van der Waals surface area contributed by atoms with Crippen LogP contribution >= 0.6 is 12.4 Å². The van der Waals surface area contributed by atoms with Crippen LogP contribution < -0.4 is 5.32 Å². The summed E-state index contributed by atoms with van der Waals surface area (Å²) in [5.41, 5.74) is 0.774. The van der Waals surface area contributed by atoms with Crippen LogP contribution in [-0.4, -0.2) is 52.7 Å². The topological polar surface area (TPSA) is 67.1 Å². The van der Waals surface area contributed by atoms with E-state index in [2.05, 4.69) is 25.3 Å². The Kier molecular flexibility index (Phi) is 6.39. The van der Waals surface area contributed by atoms with Crippen LogP contribution in [0, 0.1) is 5.92 Å². The Labute approximate surface area is 154 Å². The molecular weight excluding hydrogens is 338 g/mol. The highest BCUT2D eigenvalue weighted by Crippen LogP contribution is 2.29. The summed E-state index contributed by atoms with van der Waals surface area (Å²) in [5.74, 6) is 2.63. The van der Waals surface area contributed by atoms with E-state index >= 15 is 0 Å². The lowest BCUT2D eigenvalue weighted by Crippen LogP contribution is -2.39. The molecule has 4 heterocycles. The van der Waals surface area contributed by atoms with Crippen LogP contribution in [0.15, 0.2) is 28.9 Å². The third-order valence-corrected chi connectivity index (χ3v) is 5.25. The maximum atomic E-state index is 5.52. The molecular formula is C18H26ClN5O. The van der Waals surface area contributed by atoms with Crippen molar-refractivity contribution in [3.05, 3.63) is 30.3 Å². The lowest BCUT2D eigenvalue weighted by Gasteiger charge is -2.34. The first-order valence-electron chi connectivity index (χ1n) is 9.06. The largest absolute Gasteiger partial charge is 0.339 e. The number of likely N-dealkylation sites (tertiary alicyclic amines) is 1. The minimum absolute atomic E-state index is 0. The molecule has 2 saturated heterocycles. The van der Waals surface area contributed by atoms with Gasteiger partial charge in [0.1, 0.15) is 5.69 Å². The van der Waals surface area contributed by atoms with Gasteiger partial charge in [-0.05, 0) is 69.9 Å². The molecule has 25 heavy (non-hydrogen) atoms. The SMILES string of the molecule is Cl.c1ccc(-c2noc(C3CCN(CC4CCNCC4)CC3)n2)nc1. The van der Waals surface area contributed by atoms with E-state index in [1.54, 1.807) is 6.20 Å². The van der Waals surface area contributed by atoms with Crippen LogP contribution in [0.5, 0.6) is 0 Å². The Bertz CT molecular complexity index is 636. The summed E-state index contributed by atoms with van der Waals surface area (Å²) in [4.78, 5) is 11.5. The predicted octanol–water partition coefficient (Wildman–Crippen LogP) is 2.73. The second-order valence-corrected chi connectivity index (χ2v) is 6.94. The first-order chi connectivity index (χ1) is 11.9. The summed E-state index contributed by atoms with van der Waals surface area (Å²) in [5, 5.41) is 7.55. The summed E-state index contributed by atoms with van der Waals surface area (Å²) in [6.07, 6.45) is 6.60. The van der Waals surface area contributed by atoms with E-state index < -0.39 is 0 Å². The van der Waals surface area contributed by atoms with Gasteiger partial charge in [0.25, 0.3) is 0 Å². The third-order valence-electron chi connectivity index (χ3n) is 5.25. The molecule has 4 rings (SSSR count). The Morgan fingerprint density at radius 3 is 2.64 bits per heavy atom. The average molecular weight is 364 g/mol. The number of aromatic nitrogens is 3. The molecule has 0 spiro atoms. The zero-order valence-corrected chi connectivity index (χ0v) is 15.2. The zero-order chi connectivity index (χ0) is 16.2. The molecule has 0 bridgehead atoms. The molecule has 7 heteroatoms. The van der Waals surface area contributed by atoms with Crippen molar-refractivity contribution in [2.24, 2.45) is 5.92 Å². The smallest absolute Gasteiger partial charge is 0.230 e. The number of halogens is 1. The van der Waals surface area contributed by atoms with Gasteiger partial charge in [-0.3, -0.25) is 4.98 Å². The number of pyridine rings is 1. The summed E-state index contributed by atoms with van der Waals surface area (Å²) in [6, 6.07) is 5.75. The second-order valence-electron chi connectivity index (χ2n) is 6.94. The van der Waals surface area contributed by atoms with E-state index in [9.17, 15) is 0 Å². The third kappa shape index (κ3) is 4.57. The van der Waals surface area contributed by atoms with Gasteiger partial charge in [-0.2, -0.15) is 4.98 Å². The minimum Gasteiger partial charge on any atom is -0.339 e. The van der Waals surface area contributed by atoms with Crippen molar-refractivity contribution in [3.8, 4) is 11.5 Å². The Morgan fingerprint density at radius 2 is 1.92 bits per heavy atom. The molecule has 136 valence electrons. The normalized spacial score (nSPS) is 20.3. The van der Waals surface area contributed by atoms with Gasteiger partial charge >= 0.3 is 0 Å². The van der Waals surface area contributed by atoms with Crippen LogP contribution in [0.25, 0.3) is 11.5 Å². The first-order valence-corrected chi connectivity index (χ1v) is 9.06. The molecule has 1 N–H and O–H groups in total. The molecule has 2 aliphatic heterocycles. The van der Waals surface area contributed by atoms with Crippen molar-refractivity contribution in [3.63, 3.8) is 0 Å². The lowest BCUT2D eigenvalue weighted by atomic mass is 9.93. The Morgan fingerprint density at radius 1 is 1.12 bits per heavy atom.